The van der Waals surface area contributed by atoms with Gasteiger partial charge in [0.05, 0.1) is 0 Å². The predicted molar refractivity (Wildman–Crippen MR) is 107 cm³/mol. The SMILES string of the molecule is O=C(CCNS(=O)(=O)c1ccccc1F)Nc1ccc(-c2ccccc2)cc1. The van der Waals surface area contributed by atoms with Crippen LogP contribution < -0.4 is 10.0 Å². The van der Waals surface area contributed by atoms with Gasteiger partial charge in [-0.1, -0.05) is 54.6 Å². The molecule has 0 saturated carbocycles. The van der Waals surface area contributed by atoms with E-state index in [0.717, 1.165) is 17.2 Å². The summed E-state index contributed by atoms with van der Waals surface area (Å²) in [6.45, 7) is -0.134. The zero-order valence-corrected chi connectivity index (χ0v) is 15.7. The van der Waals surface area contributed by atoms with Crippen molar-refractivity contribution < 1.29 is 17.6 Å². The Labute approximate surface area is 163 Å². The van der Waals surface area contributed by atoms with Crippen LogP contribution in [0.25, 0.3) is 11.1 Å². The number of hydrogen-bond donors (Lipinski definition) is 2. The lowest BCUT2D eigenvalue weighted by Crippen LogP contribution is -2.28. The van der Waals surface area contributed by atoms with Gasteiger partial charge in [-0.2, -0.15) is 0 Å². The Morgan fingerprint density at radius 2 is 1.43 bits per heavy atom. The first-order valence-corrected chi connectivity index (χ1v) is 10.1. The molecule has 0 aliphatic rings. The number of hydrogen-bond acceptors (Lipinski definition) is 3. The minimum absolute atomic E-state index is 0.0753. The molecule has 0 saturated heterocycles. The van der Waals surface area contributed by atoms with Crippen LogP contribution in [0.5, 0.6) is 0 Å². The highest BCUT2D eigenvalue weighted by molar-refractivity contribution is 7.89. The molecule has 0 heterocycles. The normalized spacial score (nSPS) is 11.2. The van der Waals surface area contributed by atoms with E-state index >= 15 is 0 Å². The number of amides is 1. The van der Waals surface area contributed by atoms with Gasteiger partial charge in [-0.25, -0.2) is 17.5 Å². The van der Waals surface area contributed by atoms with Gasteiger partial charge in [0.25, 0.3) is 0 Å². The number of halogens is 1. The number of nitrogens with one attached hydrogen (secondary N) is 2. The van der Waals surface area contributed by atoms with Gasteiger partial charge in [0.15, 0.2) is 0 Å². The van der Waals surface area contributed by atoms with Crippen molar-refractivity contribution in [3.05, 3.63) is 84.7 Å². The fourth-order valence-corrected chi connectivity index (χ4v) is 3.75. The molecule has 1 amide bonds. The molecule has 0 fully saturated rings. The quantitative estimate of drug-likeness (QED) is 0.636. The molecule has 28 heavy (non-hydrogen) atoms. The van der Waals surface area contributed by atoms with Gasteiger partial charge in [0, 0.05) is 18.7 Å². The van der Waals surface area contributed by atoms with Crippen LogP contribution in [0.15, 0.2) is 83.8 Å². The van der Waals surface area contributed by atoms with Crippen LogP contribution >= 0.6 is 0 Å². The lowest BCUT2D eigenvalue weighted by atomic mass is 10.1. The van der Waals surface area contributed by atoms with Gasteiger partial charge in [-0.05, 0) is 35.4 Å². The zero-order valence-electron chi connectivity index (χ0n) is 14.9. The van der Waals surface area contributed by atoms with Crippen LogP contribution in [0.3, 0.4) is 0 Å². The summed E-state index contributed by atoms with van der Waals surface area (Å²) in [4.78, 5) is 11.6. The van der Waals surface area contributed by atoms with Crippen LogP contribution in [-0.4, -0.2) is 20.9 Å². The van der Waals surface area contributed by atoms with E-state index in [9.17, 15) is 17.6 Å². The summed E-state index contributed by atoms with van der Waals surface area (Å²) >= 11 is 0. The molecule has 7 heteroatoms. The van der Waals surface area contributed by atoms with E-state index in [0.29, 0.717) is 5.69 Å². The molecule has 0 spiro atoms. The third-order valence-corrected chi connectivity index (χ3v) is 5.54. The Morgan fingerprint density at radius 3 is 2.11 bits per heavy atom. The molecule has 0 aliphatic carbocycles. The summed E-state index contributed by atoms with van der Waals surface area (Å²) < 4.78 is 40.0. The molecule has 3 aromatic rings. The number of benzene rings is 3. The third kappa shape index (κ3) is 5.03. The van der Waals surface area contributed by atoms with Crippen LogP contribution in [0.4, 0.5) is 10.1 Å². The first-order chi connectivity index (χ1) is 13.5. The molecule has 0 radical (unpaired) electrons. The van der Waals surface area contributed by atoms with E-state index in [2.05, 4.69) is 10.0 Å². The highest BCUT2D eigenvalue weighted by Gasteiger charge is 2.18. The zero-order chi connectivity index (χ0) is 20.0. The van der Waals surface area contributed by atoms with E-state index in [4.69, 9.17) is 0 Å². The summed E-state index contributed by atoms with van der Waals surface area (Å²) in [6.07, 6.45) is -0.0753. The Kier molecular flexibility index (Phi) is 6.18. The van der Waals surface area contributed by atoms with Crippen molar-refractivity contribution in [1.29, 1.82) is 0 Å². The number of sulfonamides is 1. The average molecular weight is 398 g/mol. The molecule has 144 valence electrons. The minimum atomic E-state index is -4.00. The molecule has 0 aromatic heterocycles. The second-order valence-electron chi connectivity index (χ2n) is 6.07. The maximum Gasteiger partial charge on any atom is 0.243 e. The second-order valence-corrected chi connectivity index (χ2v) is 7.81. The number of rotatable bonds is 7. The molecule has 3 aromatic carbocycles. The van der Waals surface area contributed by atoms with Gasteiger partial charge >= 0.3 is 0 Å². The van der Waals surface area contributed by atoms with Gasteiger partial charge in [-0.15, -0.1) is 0 Å². The van der Waals surface area contributed by atoms with E-state index in [-0.39, 0.29) is 18.9 Å². The second kappa shape index (κ2) is 8.77. The first-order valence-electron chi connectivity index (χ1n) is 8.65. The Morgan fingerprint density at radius 1 is 0.821 bits per heavy atom. The number of anilines is 1. The van der Waals surface area contributed by atoms with Crippen molar-refractivity contribution in [1.82, 2.24) is 4.72 Å². The number of carbonyl (C=O) groups is 1. The fourth-order valence-electron chi connectivity index (χ4n) is 2.64. The van der Waals surface area contributed by atoms with Crippen molar-refractivity contribution in [3.8, 4) is 11.1 Å². The summed E-state index contributed by atoms with van der Waals surface area (Å²) in [5.74, 6) is -1.18. The molecule has 0 bridgehead atoms. The topological polar surface area (TPSA) is 75.3 Å². The van der Waals surface area contributed by atoms with Crippen LogP contribution in [-0.2, 0) is 14.8 Å². The molecule has 5 nitrogen and oxygen atoms in total. The largest absolute Gasteiger partial charge is 0.326 e. The molecular formula is C21H19FN2O3S. The van der Waals surface area contributed by atoms with Gasteiger partial charge < -0.3 is 5.32 Å². The summed E-state index contributed by atoms with van der Waals surface area (Å²) in [7, 11) is -4.00. The van der Waals surface area contributed by atoms with E-state index in [1.165, 1.54) is 18.2 Å². The minimum Gasteiger partial charge on any atom is -0.326 e. The highest BCUT2D eigenvalue weighted by Crippen LogP contribution is 2.21. The predicted octanol–water partition coefficient (Wildman–Crippen LogP) is 3.80. The molecule has 2 N–H and O–H groups in total. The van der Waals surface area contributed by atoms with Gasteiger partial charge in [0.2, 0.25) is 15.9 Å². The fraction of sp³-hybridized carbons (Fsp3) is 0.0952. The molecule has 0 aliphatic heterocycles. The molecule has 0 unspecified atom stereocenters. The molecule has 0 atom stereocenters. The standard InChI is InChI=1S/C21H19FN2O3S/c22-19-8-4-5-9-20(19)28(26,27)23-15-14-21(25)24-18-12-10-17(11-13-18)16-6-2-1-3-7-16/h1-13,23H,14-15H2,(H,24,25). The van der Waals surface area contributed by atoms with E-state index in [1.807, 2.05) is 42.5 Å². The Bertz CT molecular complexity index is 1050. The van der Waals surface area contributed by atoms with Crippen LogP contribution in [0.2, 0.25) is 0 Å². The smallest absolute Gasteiger partial charge is 0.243 e. The van der Waals surface area contributed by atoms with Crippen molar-refractivity contribution in [2.24, 2.45) is 0 Å². The lowest BCUT2D eigenvalue weighted by Gasteiger charge is -2.09. The lowest BCUT2D eigenvalue weighted by molar-refractivity contribution is -0.116. The summed E-state index contributed by atoms with van der Waals surface area (Å²) in [5, 5.41) is 2.71. The number of carbonyl (C=O) groups excluding carboxylic acids is 1. The average Bonchev–Trinajstić information content (AvgIpc) is 2.69. The highest BCUT2D eigenvalue weighted by atomic mass is 32.2. The van der Waals surface area contributed by atoms with E-state index in [1.54, 1.807) is 12.1 Å². The van der Waals surface area contributed by atoms with Gasteiger partial charge in [-0.3, -0.25) is 4.79 Å². The van der Waals surface area contributed by atoms with Crippen LogP contribution in [0, 0.1) is 5.82 Å². The summed E-state index contributed by atoms with van der Waals surface area (Å²) in [6, 6.07) is 22.3. The maximum absolute atomic E-state index is 13.6. The Balaban J connectivity index is 1.53. The van der Waals surface area contributed by atoms with E-state index < -0.39 is 20.7 Å². The molecule has 3 rings (SSSR count). The monoisotopic (exact) mass is 398 g/mol. The first kappa shape index (κ1) is 19.7. The Hall–Kier alpha value is -3.03. The molecular weight excluding hydrogens is 379 g/mol. The van der Waals surface area contributed by atoms with Crippen molar-refractivity contribution in [2.45, 2.75) is 11.3 Å². The third-order valence-electron chi connectivity index (χ3n) is 4.05. The maximum atomic E-state index is 13.6. The van der Waals surface area contributed by atoms with Crippen molar-refractivity contribution in [2.75, 3.05) is 11.9 Å². The van der Waals surface area contributed by atoms with Crippen molar-refractivity contribution in [3.63, 3.8) is 0 Å². The summed E-state index contributed by atoms with van der Waals surface area (Å²) in [5.41, 5.74) is 2.71. The van der Waals surface area contributed by atoms with Gasteiger partial charge in [0.1, 0.15) is 10.7 Å². The van der Waals surface area contributed by atoms with Crippen molar-refractivity contribution >= 4 is 21.6 Å². The van der Waals surface area contributed by atoms with Crippen LogP contribution in [0.1, 0.15) is 6.42 Å².